The number of urea groups is 1. The molecule has 25 heavy (non-hydrogen) atoms. The van der Waals surface area contributed by atoms with Gasteiger partial charge in [-0.2, -0.15) is 0 Å². The van der Waals surface area contributed by atoms with E-state index in [1.807, 2.05) is 0 Å². The van der Waals surface area contributed by atoms with Crippen molar-refractivity contribution in [3.63, 3.8) is 0 Å². The van der Waals surface area contributed by atoms with Crippen LogP contribution in [0.1, 0.15) is 18.4 Å². The standard InChI is InChI=1S/C18H19ClFN3O2/c19-14-5-9-16(10-6-14)23-17(24)2-1-11-21-18(25)22-12-13-3-7-15(20)8-4-13/h3-10H,1-2,11-12H2,(H,23,24)(H2,21,22,25). The van der Waals surface area contributed by atoms with E-state index in [0.717, 1.165) is 5.56 Å². The summed E-state index contributed by atoms with van der Waals surface area (Å²) in [4.78, 5) is 23.4. The second kappa shape index (κ2) is 9.64. The van der Waals surface area contributed by atoms with Crippen molar-refractivity contribution in [3.8, 4) is 0 Å². The third-order valence-corrected chi connectivity index (χ3v) is 3.61. The van der Waals surface area contributed by atoms with E-state index in [1.165, 1.54) is 12.1 Å². The van der Waals surface area contributed by atoms with Crippen LogP contribution in [0.4, 0.5) is 14.9 Å². The first kappa shape index (κ1) is 18.7. The summed E-state index contributed by atoms with van der Waals surface area (Å²) in [6.07, 6.45) is 0.810. The molecule has 0 aliphatic rings. The minimum absolute atomic E-state index is 0.129. The Morgan fingerprint density at radius 1 is 0.960 bits per heavy atom. The number of halogens is 2. The van der Waals surface area contributed by atoms with Crippen molar-refractivity contribution in [1.82, 2.24) is 10.6 Å². The average Bonchev–Trinajstić information content (AvgIpc) is 2.60. The summed E-state index contributed by atoms with van der Waals surface area (Å²) >= 11 is 5.78. The van der Waals surface area contributed by atoms with Crippen molar-refractivity contribution in [1.29, 1.82) is 0 Å². The van der Waals surface area contributed by atoms with E-state index >= 15 is 0 Å². The maximum Gasteiger partial charge on any atom is 0.315 e. The molecule has 3 N–H and O–H groups in total. The minimum atomic E-state index is -0.331. The Morgan fingerprint density at radius 2 is 1.64 bits per heavy atom. The molecular formula is C18H19ClFN3O2. The highest BCUT2D eigenvalue weighted by molar-refractivity contribution is 6.30. The molecule has 2 aromatic rings. The molecule has 2 aromatic carbocycles. The van der Waals surface area contributed by atoms with Crippen LogP contribution in [0.3, 0.4) is 0 Å². The number of carbonyl (C=O) groups is 2. The summed E-state index contributed by atoms with van der Waals surface area (Å²) in [6.45, 7) is 0.687. The fourth-order valence-corrected chi connectivity index (χ4v) is 2.18. The quantitative estimate of drug-likeness (QED) is 0.656. The molecule has 0 saturated carbocycles. The van der Waals surface area contributed by atoms with Gasteiger partial charge in [-0.05, 0) is 48.4 Å². The first-order chi connectivity index (χ1) is 12.0. The number of nitrogens with one attached hydrogen (secondary N) is 3. The van der Waals surface area contributed by atoms with Gasteiger partial charge in [0.05, 0.1) is 0 Å². The second-order valence-electron chi connectivity index (χ2n) is 5.39. The second-order valence-corrected chi connectivity index (χ2v) is 5.83. The number of benzene rings is 2. The van der Waals surface area contributed by atoms with E-state index in [9.17, 15) is 14.0 Å². The number of carbonyl (C=O) groups excluding carboxylic acids is 2. The molecule has 0 radical (unpaired) electrons. The first-order valence-electron chi connectivity index (χ1n) is 7.84. The largest absolute Gasteiger partial charge is 0.338 e. The lowest BCUT2D eigenvalue weighted by Gasteiger charge is -2.08. The van der Waals surface area contributed by atoms with Crippen molar-refractivity contribution < 1.29 is 14.0 Å². The molecule has 0 bridgehead atoms. The Labute approximate surface area is 150 Å². The predicted molar refractivity (Wildman–Crippen MR) is 96.0 cm³/mol. The normalized spacial score (nSPS) is 10.2. The molecule has 0 atom stereocenters. The van der Waals surface area contributed by atoms with Crippen LogP contribution in [0, 0.1) is 5.82 Å². The summed E-state index contributed by atoms with van der Waals surface area (Å²) < 4.78 is 12.8. The molecule has 0 fully saturated rings. The lowest BCUT2D eigenvalue weighted by molar-refractivity contribution is -0.116. The Kier molecular flexibility index (Phi) is 7.22. The highest BCUT2D eigenvalue weighted by Crippen LogP contribution is 2.13. The number of amides is 3. The van der Waals surface area contributed by atoms with Crippen LogP contribution in [0.25, 0.3) is 0 Å². The highest BCUT2D eigenvalue weighted by atomic mass is 35.5. The van der Waals surface area contributed by atoms with Crippen molar-refractivity contribution in [2.45, 2.75) is 19.4 Å². The van der Waals surface area contributed by atoms with Crippen LogP contribution in [0.2, 0.25) is 5.02 Å². The summed E-state index contributed by atoms with van der Waals surface area (Å²) in [5.74, 6) is -0.444. The fraction of sp³-hybridized carbons (Fsp3) is 0.222. The summed E-state index contributed by atoms with van der Waals surface area (Å²) in [6, 6.07) is 12.4. The van der Waals surface area contributed by atoms with Crippen molar-refractivity contribution >= 4 is 29.2 Å². The Hall–Kier alpha value is -2.60. The van der Waals surface area contributed by atoms with Gasteiger partial charge in [-0.25, -0.2) is 9.18 Å². The van der Waals surface area contributed by atoms with Crippen LogP contribution >= 0.6 is 11.6 Å². The van der Waals surface area contributed by atoms with E-state index in [4.69, 9.17) is 11.6 Å². The smallest absolute Gasteiger partial charge is 0.315 e. The Balaban J connectivity index is 1.58. The van der Waals surface area contributed by atoms with Gasteiger partial charge in [0.2, 0.25) is 5.91 Å². The van der Waals surface area contributed by atoms with Gasteiger partial charge >= 0.3 is 6.03 Å². The van der Waals surface area contributed by atoms with Crippen LogP contribution in [-0.2, 0) is 11.3 Å². The van der Waals surface area contributed by atoms with Gasteiger partial charge in [-0.1, -0.05) is 23.7 Å². The minimum Gasteiger partial charge on any atom is -0.338 e. The van der Waals surface area contributed by atoms with Gasteiger partial charge in [0.1, 0.15) is 5.82 Å². The van der Waals surface area contributed by atoms with E-state index in [2.05, 4.69) is 16.0 Å². The van der Waals surface area contributed by atoms with E-state index in [-0.39, 0.29) is 17.8 Å². The molecule has 0 aliphatic heterocycles. The van der Waals surface area contributed by atoms with Crippen molar-refractivity contribution in [3.05, 3.63) is 64.9 Å². The lowest BCUT2D eigenvalue weighted by Crippen LogP contribution is -2.35. The number of hydrogen-bond acceptors (Lipinski definition) is 2. The molecular weight excluding hydrogens is 345 g/mol. The van der Waals surface area contributed by atoms with E-state index in [1.54, 1.807) is 36.4 Å². The Morgan fingerprint density at radius 3 is 2.32 bits per heavy atom. The summed E-state index contributed by atoms with van der Waals surface area (Å²) in [5.41, 5.74) is 1.48. The van der Waals surface area contributed by atoms with Crippen LogP contribution in [0.15, 0.2) is 48.5 Å². The van der Waals surface area contributed by atoms with Crippen LogP contribution in [-0.4, -0.2) is 18.5 Å². The molecule has 0 aliphatic carbocycles. The molecule has 132 valence electrons. The van der Waals surface area contributed by atoms with Gasteiger partial charge in [0.15, 0.2) is 0 Å². The van der Waals surface area contributed by atoms with Gasteiger partial charge in [0.25, 0.3) is 0 Å². The third kappa shape index (κ3) is 7.22. The van der Waals surface area contributed by atoms with Gasteiger partial charge in [-0.15, -0.1) is 0 Å². The van der Waals surface area contributed by atoms with Gasteiger partial charge < -0.3 is 16.0 Å². The maximum absolute atomic E-state index is 12.8. The molecule has 0 spiro atoms. The topological polar surface area (TPSA) is 70.2 Å². The summed E-state index contributed by atoms with van der Waals surface area (Å²) in [7, 11) is 0. The molecule has 0 unspecified atom stereocenters. The van der Waals surface area contributed by atoms with Crippen molar-refractivity contribution in [2.75, 3.05) is 11.9 Å². The SMILES string of the molecule is O=C(CCCNC(=O)NCc1ccc(F)cc1)Nc1ccc(Cl)cc1. The molecule has 7 heteroatoms. The van der Waals surface area contributed by atoms with Crippen LogP contribution < -0.4 is 16.0 Å². The first-order valence-corrected chi connectivity index (χ1v) is 8.22. The fourth-order valence-electron chi connectivity index (χ4n) is 2.05. The zero-order valence-electron chi connectivity index (χ0n) is 13.5. The number of rotatable bonds is 7. The molecule has 3 amide bonds. The van der Waals surface area contributed by atoms with E-state index in [0.29, 0.717) is 36.6 Å². The monoisotopic (exact) mass is 363 g/mol. The predicted octanol–water partition coefficient (Wildman–Crippen LogP) is 3.70. The van der Waals surface area contributed by atoms with Crippen molar-refractivity contribution in [2.24, 2.45) is 0 Å². The molecule has 0 aromatic heterocycles. The third-order valence-electron chi connectivity index (χ3n) is 3.36. The summed E-state index contributed by atoms with van der Waals surface area (Å²) in [5, 5.41) is 8.69. The highest BCUT2D eigenvalue weighted by Gasteiger charge is 2.04. The molecule has 0 heterocycles. The van der Waals surface area contributed by atoms with Gasteiger partial charge in [0, 0.05) is 30.2 Å². The zero-order valence-corrected chi connectivity index (χ0v) is 14.3. The maximum atomic E-state index is 12.8. The molecule has 2 rings (SSSR count). The molecule has 5 nitrogen and oxygen atoms in total. The van der Waals surface area contributed by atoms with Gasteiger partial charge in [-0.3, -0.25) is 4.79 Å². The number of hydrogen-bond donors (Lipinski definition) is 3. The number of anilines is 1. The van der Waals surface area contributed by atoms with Crippen LogP contribution in [0.5, 0.6) is 0 Å². The molecule has 0 saturated heterocycles. The van der Waals surface area contributed by atoms with E-state index < -0.39 is 0 Å². The average molecular weight is 364 g/mol. The lowest BCUT2D eigenvalue weighted by atomic mass is 10.2. The zero-order chi connectivity index (χ0) is 18.1. The Bertz CT molecular complexity index is 705.